The Labute approximate surface area is 91.7 Å². The first-order valence-corrected chi connectivity index (χ1v) is 5.44. The van der Waals surface area contributed by atoms with Gasteiger partial charge in [0.2, 0.25) is 0 Å². The van der Waals surface area contributed by atoms with Gasteiger partial charge in [-0.25, -0.2) is 4.98 Å². The second kappa shape index (κ2) is 4.97. The fourth-order valence-corrected chi connectivity index (χ4v) is 1.55. The number of unbranched alkanes of at least 4 members (excludes halogenated alkanes) is 1. The molecule has 0 atom stereocenters. The molecule has 0 spiro atoms. The van der Waals surface area contributed by atoms with Gasteiger partial charge < -0.3 is 4.57 Å². The molecule has 0 aromatic carbocycles. The van der Waals surface area contributed by atoms with Crippen molar-refractivity contribution in [2.45, 2.75) is 46.6 Å². The molecule has 0 aliphatic heterocycles. The van der Waals surface area contributed by atoms with Gasteiger partial charge in [0.1, 0.15) is 5.82 Å². The predicted molar refractivity (Wildman–Crippen MR) is 60.2 cm³/mol. The van der Waals surface area contributed by atoms with Crippen LogP contribution in [-0.4, -0.2) is 9.55 Å². The van der Waals surface area contributed by atoms with Gasteiger partial charge in [-0.15, -0.1) is 0 Å². The van der Waals surface area contributed by atoms with Crippen molar-refractivity contribution < 1.29 is 0 Å². The maximum absolute atomic E-state index is 8.86. The van der Waals surface area contributed by atoms with E-state index in [0.717, 1.165) is 31.6 Å². The van der Waals surface area contributed by atoms with Gasteiger partial charge in [0, 0.05) is 18.9 Å². The van der Waals surface area contributed by atoms with Crippen molar-refractivity contribution >= 4 is 0 Å². The number of nitrogens with zero attached hydrogens (tertiary/aromatic N) is 3. The molecule has 0 unspecified atom stereocenters. The Hall–Kier alpha value is -1.30. The van der Waals surface area contributed by atoms with Gasteiger partial charge in [-0.3, -0.25) is 0 Å². The molecule has 0 amide bonds. The highest BCUT2D eigenvalue weighted by atomic mass is 15.0. The molecule has 0 saturated heterocycles. The average Bonchev–Trinajstić information content (AvgIpc) is 2.59. The molecule has 1 rings (SSSR count). The van der Waals surface area contributed by atoms with Crippen LogP contribution in [0.4, 0.5) is 0 Å². The molecule has 0 fully saturated rings. The summed E-state index contributed by atoms with van der Waals surface area (Å²) in [5.74, 6) is 1.06. The van der Waals surface area contributed by atoms with Crippen LogP contribution in [0.5, 0.6) is 0 Å². The minimum Gasteiger partial charge on any atom is -0.335 e. The van der Waals surface area contributed by atoms with E-state index in [1.165, 1.54) is 0 Å². The third kappa shape index (κ3) is 3.75. The third-order valence-electron chi connectivity index (χ3n) is 2.68. The maximum Gasteiger partial charge on any atom is 0.105 e. The number of aromatic nitrogens is 2. The molecule has 1 heterocycles. The number of nitriles is 1. The predicted octanol–water partition coefficient (Wildman–Crippen LogP) is 2.91. The summed E-state index contributed by atoms with van der Waals surface area (Å²) in [6.45, 7) is 7.01. The summed E-state index contributed by atoms with van der Waals surface area (Å²) in [4.78, 5) is 4.17. The SMILES string of the molecule is Cc1nccn1CCCCC(C)(C)C#N. The molecule has 3 nitrogen and oxygen atoms in total. The zero-order valence-electron chi connectivity index (χ0n) is 9.82. The van der Waals surface area contributed by atoms with Crippen LogP contribution in [0, 0.1) is 23.7 Å². The zero-order chi connectivity index (χ0) is 11.3. The minimum absolute atomic E-state index is 0.177. The van der Waals surface area contributed by atoms with E-state index in [1.807, 2.05) is 33.2 Å². The van der Waals surface area contributed by atoms with Gasteiger partial charge in [0.15, 0.2) is 0 Å². The number of hydrogen-bond acceptors (Lipinski definition) is 2. The standard InChI is InChI=1S/C12H19N3/c1-11-14-7-9-15(11)8-5-4-6-12(2,3)10-13/h7,9H,4-6,8H2,1-3H3. The minimum atomic E-state index is -0.177. The van der Waals surface area contributed by atoms with Crippen LogP contribution in [0.2, 0.25) is 0 Å². The van der Waals surface area contributed by atoms with Crippen molar-refractivity contribution in [1.29, 1.82) is 5.26 Å². The summed E-state index contributed by atoms with van der Waals surface area (Å²) in [6, 6.07) is 2.33. The van der Waals surface area contributed by atoms with E-state index in [0.29, 0.717) is 0 Å². The van der Waals surface area contributed by atoms with Crippen molar-refractivity contribution in [3.63, 3.8) is 0 Å². The van der Waals surface area contributed by atoms with Crippen LogP contribution < -0.4 is 0 Å². The first-order chi connectivity index (χ1) is 7.05. The van der Waals surface area contributed by atoms with Crippen molar-refractivity contribution in [3.8, 4) is 6.07 Å². The van der Waals surface area contributed by atoms with Crippen LogP contribution in [0.1, 0.15) is 38.9 Å². The number of hydrogen-bond donors (Lipinski definition) is 0. The van der Waals surface area contributed by atoms with Crippen LogP contribution in [-0.2, 0) is 6.54 Å². The normalized spacial score (nSPS) is 11.3. The first-order valence-electron chi connectivity index (χ1n) is 5.44. The zero-order valence-corrected chi connectivity index (χ0v) is 9.82. The number of imidazole rings is 1. The molecule has 0 aliphatic rings. The van der Waals surface area contributed by atoms with Gasteiger partial charge in [-0.2, -0.15) is 5.26 Å². The Balaban J connectivity index is 2.24. The van der Waals surface area contributed by atoms with E-state index in [1.54, 1.807) is 0 Å². The van der Waals surface area contributed by atoms with E-state index in [4.69, 9.17) is 5.26 Å². The van der Waals surface area contributed by atoms with Gasteiger partial charge in [-0.05, 0) is 33.6 Å². The Kier molecular flexibility index (Phi) is 3.90. The molecule has 0 aliphatic carbocycles. The highest BCUT2D eigenvalue weighted by Crippen LogP contribution is 2.21. The summed E-state index contributed by atoms with van der Waals surface area (Å²) in [7, 11) is 0. The summed E-state index contributed by atoms with van der Waals surface area (Å²) in [5.41, 5.74) is -0.177. The monoisotopic (exact) mass is 205 g/mol. The first kappa shape index (κ1) is 11.8. The Morgan fingerprint density at radius 1 is 1.47 bits per heavy atom. The van der Waals surface area contributed by atoms with Crippen molar-refractivity contribution in [1.82, 2.24) is 9.55 Å². The number of aryl methyl sites for hydroxylation is 2. The third-order valence-corrected chi connectivity index (χ3v) is 2.68. The molecular formula is C12H19N3. The van der Waals surface area contributed by atoms with E-state index in [2.05, 4.69) is 15.6 Å². The van der Waals surface area contributed by atoms with Crippen molar-refractivity contribution in [2.24, 2.45) is 5.41 Å². The van der Waals surface area contributed by atoms with Crippen LogP contribution >= 0.6 is 0 Å². The summed E-state index contributed by atoms with van der Waals surface area (Å²) < 4.78 is 2.15. The van der Waals surface area contributed by atoms with Crippen LogP contribution in [0.3, 0.4) is 0 Å². The molecule has 0 bridgehead atoms. The molecule has 0 N–H and O–H groups in total. The fourth-order valence-electron chi connectivity index (χ4n) is 1.55. The molecule has 0 saturated carbocycles. The molecule has 1 aromatic heterocycles. The average molecular weight is 205 g/mol. The van der Waals surface area contributed by atoms with E-state index in [9.17, 15) is 0 Å². The molecule has 1 aromatic rings. The Bertz CT molecular complexity index is 344. The van der Waals surface area contributed by atoms with Crippen LogP contribution in [0.25, 0.3) is 0 Å². The van der Waals surface area contributed by atoms with Gasteiger partial charge >= 0.3 is 0 Å². The lowest BCUT2D eigenvalue weighted by molar-refractivity contribution is 0.416. The fraction of sp³-hybridized carbons (Fsp3) is 0.667. The molecule has 0 radical (unpaired) electrons. The van der Waals surface area contributed by atoms with Crippen molar-refractivity contribution in [3.05, 3.63) is 18.2 Å². The van der Waals surface area contributed by atoms with E-state index >= 15 is 0 Å². The topological polar surface area (TPSA) is 41.6 Å². The number of rotatable bonds is 5. The van der Waals surface area contributed by atoms with E-state index < -0.39 is 0 Å². The second-order valence-electron chi connectivity index (χ2n) is 4.62. The van der Waals surface area contributed by atoms with Gasteiger partial charge in [0.05, 0.1) is 11.5 Å². The van der Waals surface area contributed by atoms with E-state index in [-0.39, 0.29) is 5.41 Å². The maximum atomic E-state index is 8.86. The van der Waals surface area contributed by atoms with Gasteiger partial charge in [0.25, 0.3) is 0 Å². The lowest BCUT2D eigenvalue weighted by Crippen LogP contribution is -2.08. The smallest absolute Gasteiger partial charge is 0.105 e. The summed E-state index contributed by atoms with van der Waals surface area (Å²) in [6.07, 6.45) is 7.01. The summed E-state index contributed by atoms with van der Waals surface area (Å²) in [5, 5.41) is 8.86. The molecular weight excluding hydrogens is 186 g/mol. The molecule has 82 valence electrons. The Morgan fingerprint density at radius 3 is 2.73 bits per heavy atom. The lowest BCUT2D eigenvalue weighted by atomic mass is 9.89. The molecule has 3 heteroatoms. The highest BCUT2D eigenvalue weighted by molar-refractivity contribution is 4.91. The highest BCUT2D eigenvalue weighted by Gasteiger charge is 2.15. The Morgan fingerprint density at radius 2 is 2.20 bits per heavy atom. The lowest BCUT2D eigenvalue weighted by Gasteiger charge is -2.14. The van der Waals surface area contributed by atoms with Gasteiger partial charge in [-0.1, -0.05) is 6.42 Å². The molecule has 15 heavy (non-hydrogen) atoms. The van der Waals surface area contributed by atoms with Crippen molar-refractivity contribution in [2.75, 3.05) is 0 Å². The van der Waals surface area contributed by atoms with Crippen LogP contribution in [0.15, 0.2) is 12.4 Å². The quantitative estimate of drug-likeness (QED) is 0.693. The second-order valence-corrected chi connectivity index (χ2v) is 4.62. The largest absolute Gasteiger partial charge is 0.335 e. The summed E-state index contributed by atoms with van der Waals surface area (Å²) >= 11 is 0.